The smallest absolute Gasteiger partial charge is 0.339 e. The highest BCUT2D eigenvalue weighted by Gasteiger charge is 2.27. The summed E-state index contributed by atoms with van der Waals surface area (Å²) in [5, 5.41) is 7.72. The highest BCUT2D eigenvalue weighted by Crippen LogP contribution is 2.25. The van der Waals surface area contributed by atoms with E-state index < -0.39 is 32.9 Å². The van der Waals surface area contributed by atoms with E-state index in [0.717, 1.165) is 11.6 Å². The maximum atomic E-state index is 12.9. The zero-order valence-corrected chi connectivity index (χ0v) is 18.0. The van der Waals surface area contributed by atoms with Crippen molar-refractivity contribution in [3.63, 3.8) is 0 Å². The van der Waals surface area contributed by atoms with Crippen molar-refractivity contribution >= 4 is 39.2 Å². The van der Waals surface area contributed by atoms with Crippen LogP contribution in [0, 0.1) is 6.92 Å². The summed E-state index contributed by atoms with van der Waals surface area (Å²) in [4.78, 5) is 25.2. The predicted molar refractivity (Wildman–Crippen MR) is 117 cm³/mol. The fourth-order valence-electron chi connectivity index (χ4n) is 2.77. The number of benzene rings is 3. The van der Waals surface area contributed by atoms with Gasteiger partial charge >= 0.3 is 5.97 Å². The van der Waals surface area contributed by atoms with E-state index in [4.69, 9.17) is 21.5 Å². The number of rotatable bonds is 6. The van der Waals surface area contributed by atoms with Gasteiger partial charge in [-0.3, -0.25) is 4.79 Å². The van der Waals surface area contributed by atoms with Gasteiger partial charge < -0.3 is 10.1 Å². The molecule has 0 fully saturated rings. The topological polar surface area (TPSA) is 116 Å². The Morgan fingerprint density at radius 1 is 1.00 bits per heavy atom. The molecule has 0 aliphatic rings. The van der Waals surface area contributed by atoms with Gasteiger partial charge in [-0.25, -0.2) is 18.4 Å². The van der Waals surface area contributed by atoms with Crippen LogP contribution in [0.25, 0.3) is 0 Å². The third-order valence-electron chi connectivity index (χ3n) is 4.36. The highest BCUT2D eigenvalue weighted by atomic mass is 35.5. The summed E-state index contributed by atoms with van der Waals surface area (Å²) in [7, 11) is -4.15. The van der Waals surface area contributed by atoms with Crippen molar-refractivity contribution in [3.05, 3.63) is 94.5 Å². The minimum atomic E-state index is -4.15. The number of amides is 1. The number of anilines is 1. The van der Waals surface area contributed by atoms with Gasteiger partial charge in [-0.15, -0.1) is 0 Å². The molecule has 0 bridgehead atoms. The number of primary sulfonamides is 1. The molecule has 0 spiro atoms. The fraction of sp³-hybridized carbons (Fsp3) is 0.0909. The number of carbonyl (C=O) groups is 2. The molecule has 3 aromatic rings. The Morgan fingerprint density at radius 2 is 1.65 bits per heavy atom. The standard InChI is InChI=1S/C22H19ClN2O5S/c1-14-7-10-17(11-8-14)25-21(26)20(15-5-3-2-4-6-15)30-22(27)16-9-12-18(23)19(13-16)31(24,28)29/h2-13,20H,1H3,(H,25,26)(H2,24,28,29)/t20-/m1/s1. The summed E-state index contributed by atoms with van der Waals surface area (Å²) in [6.45, 7) is 1.92. The van der Waals surface area contributed by atoms with E-state index in [9.17, 15) is 18.0 Å². The van der Waals surface area contributed by atoms with Gasteiger partial charge in [-0.1, -0.05) is 59.6 Å². The molecular weight excluding hydrogens is 440 g/mol. The molecule has 0 unspecified atom stereocenters. The molecule has 3 rings (SSSR count). The van der Waals surface area contributed by atoms with E-state index in [1.54, 1.807) is 42.5 Å². The van der Waals surface area contributed by atoms with Gasteiger partial charge in [0.15, 0.2) is 0 Å². The van der Waals surface area contributed by atoms with Crippen LogP contribution >= 0.6 is 11.6 Å². The molecule has 0 saturated heterocycles. The number of hydrogen-bond acceptors (Lipinski definition) is 5. The molecule has 0 aromatic heterocycles. The van der Waals surface area contributed by atoms with Crippen molar-refractivity contribution in [1.29, 1.82) is 0 Å². The molecule has 1 atom stereocenters. The van der Waals surface area contributed by atoms with Crippen LogP contribution in [0.4, 0.5) is 5.69 Å². The molecule has 1 amide bonds. The van der Waals surface area contributed by atoms with Crippen molar-refractivity contribution < 1.29 is 22.7 Å². The highest BCUT2D eigenvalue weighted by molar-refractivity contribution is 7.89. The Kier molecular flexibility index (Phi) is 6.74. The Bertz CT molecular complexity index is 1210. The van der Waals surface area contributed by atoms with E-state index >= 15 is 0 Å². The van der Waals surface area contributed by atoms with Gasteiger partial charge in [0.05, 0.1) is 10.6 Å². The molecule has 160 valence electrons. The molecule has 0 aliphatic carbocycles. The summed E-state index contributed by atoms with van der Waals surface area (Å²) in [6.07, 6.45) is -1.27. The lowest BCUT2D eigenvalue weighted by Gasteiger charge is -2.18. The Labute approximate surface area is 184 Å². The van der Waals surface area contributed by atoms with Crippen molar-refractivity contribution in [2.24, 2.45) is 5.14 Å². The first-order chi connectivity index (χ1) is 14.6. The van der Waals surface area contributed by atoms with Crippen LogP contribution in [0.5, 0.6) is 0 Å². The molecule has 0 radical (unpaired) electrons. The van der Waals surface area contributed by atoms with Crippen molar-refractivity contribution in [3.8, 4) is 0 Å². The number of aryl methyl sites for hydroxylation is 1. The molecule has 3 aromatic carbocycles. The fourth-order valence-corrected chi connectivity index (χ4v) is 3.84. The normalized spacial score (nSPS) is 12.1. The first kappa shape index (κ1) is 22.5. The van der Waals surface area contributed by atoms with Crippen LogP contribution in [0.1, 0.15) is 27.6 Å². The number of halogens is 1. The van der Waals surface area contributed by atoms with Crippen LogP contribution in [-0.2, 0) is 19.6 Å². The van der Waals surface area contributed by atoms with Gasteiger partial charge in [0.25, 0.3) is 5.91 Å². The lowest BCUT2D eigenvalue weighted by Crippen LogP contribution is -2.26. The van der Waals surface area contributed by atoms with Crippen LogP contribution in [0.15, 0.2) is 77.7 Å². The van der Waals surface area contributed by atoms with Gasteiger partial charge in [0, 0.05) is 11.3 Å². The SMILES string of the molecule is Cc1ccc(NC(=O)[C@H](OC(=O)c2ccc(Cl)c(S(N)(=O)=O)c2)c2ccccc2)cc1. The second-order valence-corrected chi connectivity index (χ2v) is 8.68. The monoisotopic (exact) mass is 458 g/mol. The van der Waals surface area contributed by atoms with Crippen LogP contribution in [0.2, 0.25) is 5.02 Å². The van der Waals surface area contributed by atoms with Crippen molar-refractivity contribution in [1.82, 2.24) is 0 Å². The van der Waals surface area contributed by atoms with Gasteiger partial charge in [0.2, 0.25) is 16.1 Å². The minimum absolute atomic E-state index is 0.113. The number of nitrogens with two attached hydrogens (primary N) is 1. The van der Waals surface area contributed by atoms with Gasteiger partial charge in [-0.05, 0) is 37.3 Å². The van der Waals surface area contributed by atoms with Gasteiger partial charge in [0.1, 0.15) is 4.90 Å². The lowest BCUT2D eigenvalue weighted by atomic mass is 10.1. The zero-order chi connectivity index (χ0) is 22.6. The van der Waals surface area contributed by atoms with Crippen LogP contribution < -0.4 is 10.5 Å². The maximum absolute atomic E-state index is 12.9. The predicted octanol–water partition coefficient (Wildman–Crippen LogP) is 3.83. The minimum Gasteiger partial charge on any atom is -0.444 e. The third kappa shape index (κ3) is 5.69. The third-order valence-corrected chi connectivity index (χ3v) is 5.75. The van der Waals surface area contributed by atoms with E-state index in [2.05, 4.69) is 5.32 Å². The maximum Gasteiger partial charge on any atom is 0.339 e. The quantitative estimate of drug-likeness (QED) is 0.544. The summed E-state index contributed by atoms with van der Waals surface area (Å²) >= 11 is 5.86. The molecule has 9 heteroatoms. The van der Waals surface area contributed by atoms with Crippen molar-refractivity contribution in [2.45, 2.75) is 17.9 Å². The summed E-state index contributed by atoms with van der Waals surface area (Å²) in [5.74, 6) is -1.47. The Morgan fingerprint density at radius 3 is 2.26 bits per heavy atom. The number of esters is 1. The number of carbonyl (C=O) groups excluding carboxylic acids is 2. The summed E-state index contributed by atoms with van der Waals surface area (Å²) in [5.41, 5.74) is 1.90. The molecule has 7 nitrogen and oxygen atoms in total. The molecule has 3 N–H and O–H groups in total. The second-order valence-electron chi connectivity index (χ2n) is 6.74. The summed E-state index contributed by atoms with van der Waals surface area (Å²) in [6, 6.07) is 19.1. The Balaban J connectivity index is 1.89. The molecule has 31 heavy (non-hydrogen) atoms. The molecule has 0 heterocycles. The number of nitrogens with one attached hydrogen (secondary N) is 1. The average Bonchev–Trinajstić information content (AvgIpc) is 2.73. The number of sulfonamides is 1. The first-order valence-corrected chi connectivity index (χ1v) is 11.0. The largest absolute Gasteiger partial charge is 0.444 e. The molecule has 0 aliphatic heterocycles. The number of ether oxygens (including phenoxy) is 1. The van der Waals surface area contributed by atoms with E-state index in [-0.39, 0.29) is 10.6 Å². The molecule has 0 saturated carbocycles. The van der Waals surface area contributed by atoms with E-state index in [0.29, 0.717) is 11.3 Å². The second kappa shape index (κ2) is 9.30. The van der Waals surface area contributed by atoms with Crippen LogP contribution in [0.3, 0.4) is 0 Å². The van der Waals surface area contributed by atoms with E-state index in [1.807, 2.05) is 19.1 Å². The average molecular weight is 459 g/mol. The van der Waals surface area contributed by atoms with E-state index in [1.165, 1.54) is 12.1 Å². The van der Waals surface area contributed by atoms with Gasteiger partial charge in [-0.2, -0.15) is 0 Å². The number of hydrogen-bond donors (Lipinski definition) is 2. The molecular formula is C22H19ClN2O5S. The zero-order valence-electron chi connectivity index (χ0n) is 16.4. The Hall–Kier alpha value is -3.20. The van der Waals surface area contributed by atoms with Crippen molar-refractivity contribution in [2.75, 3.05) is 5.32 Å². The van der Waals surface area contributed by atoms with Crippen LogP contribution in [-0.4, -0.2) is 20.3 Å². The first-order valence-electron chi connectivity index (χ1n) is 9.11. The summed E-state index contributed by atoms with van der Waals surface area (Å²) < 4.78 is 28.8. The lowest BCUT2D eigenvalue weighted by molar-refractivity contribution is -0.125.